The van der Waals surface area contributed by atoms with Crippen LogP contribution < -0.4 is 9.80 Å². The van der Waals surface area contributed by atoms with Gasteiger partial charge in [-0.15, -0.1) is 0 Å². The van der Waals surface area contributed by atoms with Gasteiger partial charge in [-0.2, -0.15) is 0 Å². The Bertz CT molecular complexity index is 4610. The van der Waals surface area contributed by atoms with Gasteiger partial charge in [0.2, 0.25) is 0 Å². The summed E-state index contributed by atoms with van der Waals surface area (Å²) in [6.45, 7) is 0. The first-order valence-corrected chi connectivity index (χ1v) is 31.3. The molecule has 420 valence electrons. The highest BCUT2D eigenvalue weighted by Gasteiger charge is 2.63. The molecule has 0 amide bonds. The molecule has 2 heteroatoms. The first-order valence-electron chi connectivity index (χ1n) is 31.3. The molecule has 0 atom stereocenters. The van der Waals surface area contributed by atoms with Gasteiger partial charge in [0.05, 0.1) is 10.8 Å². The maximum atomic E-state index is 2.58. The zero-order chi connectivity index (χ0) is 59.3. The average Bonchev–Trinajstić information content (AvgIpc) is 1.47. The zero-order valence-electron chi connectivity index (χ0n) is 49.4. The number of allylic oxidation sites excluding steroid dienone is 2. The average molecular weight is 1140 g/mol. The van der Waals surface area contributed by atoms with E-state index in [9.17, 15) is 0 Å². The molecule has 0 saturated carbocycles. The number of hydrogen-bond acceptors (Lipinski definition) is 2. The Morgan fingerprint density at radius 3 is 0.667 bits per heavy atom. The molecule has 14 aromatic carbocycles. The van der Waals surface area contributed by atoms with Crippen molar-refractivity contribution in [1.29, 1.82) is 0 Å². The molecule has 0 N–H and O–H groups in total. The quantitative estimate of drug-likeness (QED) is 0.135. The van der Waals surface area contributed by atoms with Crippen LogP contribution in [-0.4, -0.2) is 0 Å². The van der Waals surface area contributed by atoms with Crippen molar-refractivity contribution in [2.75, 3.05) is 9.80 Å². The molecule has 2 spiro atoms. The van der Waals surface area contributed by atoms with Crippen molar-refractivity contribution in [3.63, 3.8) is 0 Å². The minimum atomic E-state index is -0.725. The fraction of sp³-hybridized carbons (Fsp3) is 0.0227. The summed E-state index contributed by atoms with van der Waals surface area (Å²) in [5, 5.41) is 0. The first kappa shape index (κ1) is 51.6. The van der Waals surface area contributed by atoms with E-state index in [2.05, 4.69) is 362 Å². The van der Waals surface area contributed by atoms with Crippen molar-refractivity contribution in [1.82, 2.24) is 0 Å². The highest BCUT2D eigenvalue weighted by Crippen LogP contribution is 2.75. The van der Waals surface area contributed by atoms with E-state index in [-0.39, 0.29) is 0 Å². The lowest BCUT2D eigenvalue weighted by Crippen LogP contribution is -2.29. The summed E-state index contributed by atoms with van der Waals surface area (Å²) in [4.78, 5) is 4.99. The number of benzene rings is 14. The lowest BCUT2D eigenvalue weighted by Gasteiger charge is -2.36. The molecular weight excluding hydrogens is 1080 g/mol. The second-order valence-electron chi connectivity index (χ2n) is 24.2. The Morgan fingerprint density at radius 2 is 0.389 bits per heavy atom. The van der Waals surface area contributed by atoms with Gasteiger partial charge in [-0.05, 0) is 195 Å². The summed E-state index contributed by atoms with van der Waals surface area (Å²) in [7, 11) is 0. The Labute approximate surface area is 525 Å². The zero-order valence-corrected chi connectivity index (χ0v) is 49.4. The largest absolute Gasteiger partial charge is 0.310 e. The van der Waals surface area contributed by atoms with Crippen LogP contribution >= 0.6 is 0 Å². The second kappa shape index (κ2) is 20.5. The van der Waals surface area contributed by atoms with Gasteiger partial charge in [0.25, 0.3) is 0 Å². The number of rotatable bonds is 10. The normalized spacial score (nSPS) is 13.7. The third kappa shape index (κ3) is 7.65. The van der Waals surface area contributed by atoms with E-state index in [0.29, 0.717) is 0 Å². The Kier molecular flexibility index (Phi) is 11.8. The van der Waals surface area contributed by atoms with Crippen LogP contribution in [0, 0.1) is 0 Å². The summed E-state index contributed by atoms with van der Waals surface area (Å²) >= 11 is 0. The molecular formula is C88H58N2. The summed E-state index contributed by atoms with van der Waals surface area (Å²) < 4.78 is 0. The van der Waals surface area contributed by atoms with Gasteiger partial charge in [-0.1, -0.05) is 279 Å². The maximum absolute atomic E-state index is 2.58. The predicted molar refractivity (Wildman–Crippen MR) is 374 cm³/mol. The fourth-order valence-corrected chi connectivity index (χ4v) is 16.0. The molecule has 4 aliphatic rings. The predicted octanol–water partition coefficient (Wildman–Crippen LogP) is 22.9. The van der Waals surface area contributed by atoms with E-state index in [1.807, 2.05) is 0 Å². The number of hydrogen-bond donors (Lipinski definition) is 0. The molecule has 18 rings (SSSR count). The van der Waals surface area contributed by atoms with Gasteiger partial charge in [-0.25, -0.2) is 0 Å². The number of nitrogens with zero attached hydrogens (tertiary/aromatic N) is 2. The third-order valence-corrected chi connectivity index (χ3v) is 19.6. The molecule has 90 heavy (non-hydrogen) atoms. The fourth-order valence-electron chi connectivity index (χ4n) is 16.0. The van der Waals surface area contributed by atoms with Crippen molar-refractivity contribution in [2.45, 2.75) is 10.8 Å². The topological polar surface area (TPSA) is 6.48 Å². The number of anilines is 6. The van der Waals surface area contributed by atoms with Gasteiger partial charge < -0.3 is 9.80 Å². The lowest BCUT2D eigenvalue weighted by atomic mass is 9.66. The molecule has 0 fully saturated rings. The Balaban J connectivity index is 0.921. The lowest BCUT2D eigenvalue weighted by molar-refractivity contribution is 0.826. The molecule has 4 aliphatic carbocycles. The molecule has 0 aliphatic heterocycles. The van der Waals surface area contributed by atoms with Gasteiger partial charge in [-0.3, -0.25) is 0 Å². The van der Waals surface area contributed by atoms with Crippen LogP contribution in [0.1, 0.15) is 44.5 Å². The van der Waals surface area contributed by atoms with Crippen LogP contribution in [0.15, 0.2) is 352 Å². The molecule has 0 unspecified atom stereocenters. The van der Waals surface area contributed by atoms with Crippen LogP contribution in [-0.2, 0) is 10.8 Å². The van der Waals surface area contributed by atoms with E-state index in [0.717, 1.165) is 56.4 Å². The van der Waals surface area contributed by atoms with E-state index in [1.165, 1.54) is 100 Å². The summed E-state index contributed by atoms with van der Waals surface area (Å²) in [5.74, 6) is 0. The molecule has 14 aromatic rings. The molecule has 0 bridgehead atoms. The third-order valence-electron chi connectivity index (χ3n) is 19.6. The standard InChI is InChI=1S/C88H58N2/c1-5-25-59(26-6-1)63-33-21-37-67(53-63)89(68-38-22-34-64(54-68)60-27-7-2-8-28-60)71-49-51-77-83(57-71)87(79-45-17-13-41-73(79)74-42-14-18-46-80(74)87)86-78-52-50-72(58-84(78)88(85(77)86)81-47-19-15-43-75(81)76-44-16-20-48-82(76)88)90(69-39-23-35-65(55-69)61-29-9-3-10-30-61)70-40-24-36-66(56-70)62-31-11-4-12-32-62/h1-58H. The summed E-state index contributed by atoms with van der Waals surface area (Å²) in [5.41, 5.74) is 32.6. The highest BCUT2D eigenvalue weighted by atomic mass is 15.1. The Morgan fingerprint density at radius 1 is 0.156 bits per heavy atom. The molecule has 2 nitrogen and oxygen atoms in total. The van der Waals surface area contributed by atoms with E-state index in [1.54, 1.807) is 0 Å². The Hall–Kier alpha value is -11.6. The minimum Gasteiger partial charge on any atom is -0.310 e. The smallest absolute Gasteiger partial charge is 0.0729 e. The van der Waals surface area contributed by atoms with Crippen molar-refractivity contribution < 1.29 is 0 Å². The van der Waals surface area contributed by atoms with E-state index < -0.39 is 10.8 Å². The van der Waals surface area contributed by atoms with Crippen LogP contribution in [0.5, 0.6) is 0 Å². The monoisotopic (exact) mass is 1140 g/mol. The van der Waals surface area contributed by atoms with Crippen molar-refractivity contribution in [3.8, 4) is 66.8 Å². The highest BCUT2D eigenvalue weighted by molar-refractivity contribution is 6.20. The van der Waals surface area contributed by atoms with Gasteiger partial charge in [0, 0.05) is 34.1 Å². The minimum absolute atomic E-state index is 0.725. The van der Waals surface area contributed by atoms with Gasteiger partial charge >= 0.3 is 0 Å². The summed E-state index contributed by atoms with van der Waals surface area (Å²) in [6, 6.07) is 132. The van der Waals surface area contributed by atoms with Crippen LogP contribution in [0.3, 0.4) is 0 Å². The maximum Gasteiger partial charge on any atom is 0.0729 e. The van der Waals surface area contributed by atoms with Crippen LogP contribution in [0.2, 0.25) is 0 Å². The van der Waals surface area contributed by atoms with E-state index >= 15 is 0 Å². The van der Waals surface area contributed by atoms with Crippen molar-refractivity contribution >= 4 is 45.3 Å². The first-order chi connectivity index (χ1) is 44.6. The number of fused-ring (bicyclic) bond motifs is 18. The second-order valence-corrected chi connectivity index (χ2v) is 24.2. The van der Waals surface area contributed by atoms with Gasteiger partial charge in [0.15, 0.2) is 0 Å². The van der Waals surface area contributed by atoms with Crippen LogP contribution in [0.25, 0.3) is 77.9 Å². The van der Waals surface area contributed by atoms with Crippen molar-refractivity contribution in [3.05, 3.63) is 396 Å². The molecule has 0 heterocycles. The molecule has 0 saturated heterocycles. The molecule has 0 aromatic heterocycles. The SMILES string of the molecule is c1ccc(-c2cccc(N(c3cccc(-c4ccccc4)c3)c3ccc4c(c3)C3(C5=C4C4(c6cc(N(c7cccc(-c8ccccc8)c7)c7cccc(-c8ccccc8)c7)ccc65)c5ccccc5-c5ccccc54)c4ccccc4-c4ccccc43)c2)cc1. The summed E-state index contributed by atoms with van der Waals surface area (Å²) in [6.07, 6.45) is 0. The molecule has 0 radical (unpaired) electrons. The van der Waals surface area contributed by atoms with Crippen LogP contribution in [0.4, 0.5) is 34.1 Å². The van der Waals surface area contributed by atoms with E-state index in [4.69, 9.17) is 0 Å². The van der Waals surface area contributed by atoms with Crippen molar-refractivity contribution in [2.24, 2.45) is 0 Å². The van der Waals surface area contributed by atoms with Gasteiger partial charge in [0.1, 0.15) is 0 Å².